The van der Waals surface area contributed by atoms with Crippen LogP contribution in [0.4, 0.5) is 0 Å². The van der Waals surface area contributed by atoms with E-state index in [1.165, 1.54) is 0 Å². The monoisotopic (exact) mass is 269 g/mol. The van der Waals surface area contributed by atoms with Crippen molar-refractivity contribution in [2.24, 2.45) is 5.92 Å². The lowest BCUT2D eigenvalue weighted by Gasteiger charge is -2.09. The van der Waals surface area contributed by atoms with Crippen LogP contribution in [0.15, 0.2) is 0 Å². The molecule has 5 heteroatoms. The summed E-state index contributed by atoms with van der Waals surface area (Å²) in [5.41, 5.74) is 0. The smallest absolute Gasteiger partial charge is 0.123 e. The molecule has 0 saturated carbocycles. The van der Waals surface area contributed by atoms with E-state index in [9.17, 15) is 0 Å². The second kappa shape index (κ2) is 6.59. The van der Waals surface area contributed by atoms with Crippen molar-refractivity contribution in [2.45, 2.75) is 45.6 Å². The molecule has 2 unspecified atom stereocenters. The van der Waals surface area contributed by atoms with Crippen molar-refractivity contribution in [3.8, 4) is 0 Å². The van der Waals surface area contributed by atoms with Crippen LogP contribution in [0.1, 0.15) is 43.1 Å². The van der Waals surface area contributed by atoms with E-state index in [-0.39, 0.29) is 0 Å². The van der Waals surface area contributed by atoms with Crippen molar-refractivity contribution in [3.05, 3.63) is 10.0 Å². The third-order valence-corrected chi connectivity index (χ3v) is 4.36. The molecule has 1 N–H and O–H groups in total. The molecule has 1 aliphatic rings. The molecule has 4 nitrogen and oxygen atoms in total. The Hall–Kier alpha value is -0.520. The van der Waals surface area contributed by atoms with Crippen molar-refractivity contribution in [3.63, 3.8) is 0 Å². The van der Waals surface area contributed by atoms with Gasteiger partial charge in [-0.2, -0.15) is 0 Å². The van der Waals surface area contributed by atoms with E-state index in [0.717, 1.165) is 42.6 Å². The van der Waals surface area contributed by atoms with E-state index in [2.05, 4.69) is 36.3 Å². The first-order valence-electron chi connectivity index (χ1n) is 6.81. The van der Waals surface area contributed by atoms with Gasteiger partial charge in [0.15, 0.2) is 0 Å². The summed E-state index contributed by atoms with van der Waals surface area (Å²) in [5.74, 6) is 1.16. The maximum absolute atomic E-state index is 5.58. The maximum Gasteiger partial charge on any atom is 0.123 e. The fraction of sp³-hybridized carbons (Fsp3) is 0.846. The lowest BCUT2D eigenvalue weighted by molar-refractivity contribution is 0.118. The highest BCUT2D eigenvalue weighted by Crippen LogP contribution is 2.32. The van der Waals surface area contributed by atoms with Crippen molar-refractivity contribution >= 4 is 11.3 Å². The predicted octanol–water partition coefficient (Wildman–Crippen LogP) is 2.22. The Kier molecular flexibility index (Phi) is 5.09. The summed E-state index contributed by atoms with van der Waals surface area (Å²) in [6.07, 6.45) is 2.36. The predicted molar refractivity (Wildman–Crippen MR) is 74.1 cm³/mol. The van der Waals surface area contributed by atoms with Gasteiger partial charge in [-0.15, -0.1) is 21.5 Å². The number of rotatable bonds is 6. The molecule has 0 bridgehead atoms. The van der Waals surface area contributed by atoms with Crippen LogP contribution in [-0.2, 0) is 11.2 Å². The van der Waals surface area contributed by atoms with Crippen LogP contribution in [0.3, 0.4) is 0 Å². The largest absolute Gasteiger partial charge is 0.378 e. The van der Waals surface area contributed by atoms with Crippen molar-refractivity contribution in [1.82, 2.24) is 15.5 Å². The van der Waals surface area contributed by atoms with E-state index in [4.69, 9.17) is 4.74 Å². The molecule has 0 aliphatic carbocycles. The summed E-state index contributed by atoms with van der Waals surface area (Å²) in [6.45, 7) is 9.48. The summed E-state index contributed by atoms with van der Waals surface area (Å²) in [5, 5.41) is 14.3. The van der Waals surface area contributed by atoms with Crippen LogP contribution in [0.2, 0.25) is 0 Å². The Morgan fingerprint density at radius 2 is 2.28 bits per heavy atom. The molecule has 2 heterocycles. The van der Waals surface area contributed by atoms with Gasteiger partial charge in [0.25, 0.3) is 0 Å². The molecule has 2 rings (SSSR count). The standard InChI is InChI=1S/C13H23N3OS/c1-9(2)8-14-6-4-12-15-16-13(18-12)11-5-7-17-10(11)3/h9-11,14H,4-8H2,1-3H3. The van der Waals surface area contributed by atoms with Crippen LogP contribution in [0, 0.1) is 5.92 Å². The van der Waals surface area contributed by atoms with Gasteiger partial charge in [-0.1, -0.05) is 13.8 Å². The second-order valence-corrected chi connectivity index (χ2v) is 6.45. The van der Waals surface area contributed by atoms with Gasteiger partial charge in [-0.05, 0) is 25.8 Å². The minimum atomic E-state index is 0.296. The molecule has 102 valence electrons. The summed E-state index contributed by atoms with van der Waals surface area (Å²) < 4.78 is 5.58. The number of nitrogens with zero attached hydrogens (tertiary/aromatic N) is 2. The third kappa shape index (κ3) is 3.73. The van der Waals surface area contributed by atoms with Gasteiger partial charge < -0.3 is 10.1 Å². The Labute approximate surface area is 113 Å². The van der Waals surface area contributed by atoms with Crippen LogP contribution in [0.5, 0.6) is 0 Å². The van der Waals surface area contributed by atoms with Crippen LogP contribution in [-0.4, -0.2) is 36.0 Å². The summed E-state index contributed by atoms with van der Waals surface area (Å²) >= 11 is 1.75. The highest BCUT2D eigenvalue weighted by Gasteiger charge is 2.28. The van der Waals surface area contributed by atoms with Crippen LogP contribution >= 0.6 is 11.3 Å². The number of ether oxygens (including phenoxy) is 1. The second-order valence-electron chi connectivity index (χ2n) is 5.35. The van der Waals surface area contributed by atoms with Gasteiger partial charge in [0.1, 0.15) is 10.0 Å². The number of hydrogen-bond acceptors (Lipinski definition) is 5. The summed E-state index contributed by atoms with van der Waals surface area (Å²) in [6, 6.07) is 0. The molecule has 2 atom stereocenters. The van der Waals surface area contributed by atoms with E-state index >= 15 is 0 Å². The lowest BCUT2D eigenvalue weighted by atomic mass is 10.0. The van der Waals surface area contributed by atoms with Crippen LogP contribution in [0.25, 0.3) is 0 Å². The lowest BCUT2D eigenvalue weighted by Crippen LogP contribution is -2.22. The van der Waals surface area contributed by atoms with Gasteiger partial charge >= 0.3 is 0 Å². The number of nitrogens with one attached hydrogen (secondary N) is 1. The van der Waals surface area contributed by atoms with Gasteiger partial charge in [0.05, 0.1) is 6.10 Å². The van der Waals surface area contributed by atoms with E-state index in [1.54, 1.807) is 11.3 Å². The molecule has 1 fully saturated rings. The molecule has 1 aromatic rings. The maximum atomic E-state index is 5.58. The first kappa shape index (κ1) is 13.9. The minimum Gasteiger partial charge on any atom is -0.378 e. The highest BCUT2D eigenvalue weighted by atomic mass is 32.1. The van der Waals surface area contributed by atoms with Gasteiger partial charge in [-0.25, -0.2) is 0 Å². The molecular formula is C13H23N3OS. The van der Waals surface area contributed by atoms with Gasteiger partial charge in [-0.3, -0.25) is 0 Å². The van der Waals surface area contributed by atoms with Gasteiger partial charge in [0.2, 0.25) is 0 Å². The van der Waals surface area contributed by atoms with Gasteiger partial charge in [0, 0.05) is 25.5 Å². The zero-order chi connectivity index (χ0) is 13.0. The Morgan fingerprint density at radius 1 is 1.44 bits per heavy atom. The molecule has 1 aromatic heterocycles. The highest BCUT2D eigenvalue weighted by molar-refractivity contribution is 7.11. The van der Waals surface area contributed by atoms with Crippen molar-refractivity contribution in [1.29, 1.82) is 0 Å². The SMILES string of the molecule is CC(C)CNCCc1nnc(C2CCOC2C)s1. The van der Waals surface area contributed by atoms with Crippen molar-refractivity contribution < 1.29 is 4.74 Å². The van der Waals surface area contributed by atoms with Crippen molar-refractivity contribution in [2.75, 3.05) is 19.7 Å². The average Bonchev–Trinajstić information content (AvgIpc) is 2.92. The Bertz CT molecular complexity index is 367. The fourth-order valence-corrected chi connectivity index (χ4v) is 3.23. The third-order valence-electron chi connectivity index (χ3n) is 3.24. The molecule has 1 saturated heterocycles. The quantitative estimate of drug-likeness (QED) is 0.804. The van der Waals surface area contributed by atoms with Crippen LogP contribution < -0.4 is 5.32 Å². The Balaban J connectivity index is 1.79. The topological polar surface area (TPSA) is 47.0 Å². The molecule has 0 aromatic carbocycles. The first-order valence-corrected chi connectivity index (χ1v) is 7.63. The average molecular weight is 269 g/mol. The zero-order valence-corrected chi connectivity index (χ0v) is 12.3. The zero-order valence-electron chi connectivity index (χ0n) is 11.5. The minimum absolute atomic E-state index is 0.296. The fourth-order valence-electron chi connectivity index (χ4n) is 2.16. The number of aromatic nitrogens is 2. The molecule has 18 heavy (non-hydrogen) atoms. The molecule has 1 aliphatic heterocycles. The summed E-state index contributed by atoms with van der Waals surface area (Å²) in [7, 11) is 0. The number of hydrogen-bond donors (Lipinski definition) is 1. The first-order chi connectivity index (χ1) is 8.66. The van der Waals surface area contributed by atoms with E-state index < -0.39 is 0 Å². The molecule has 0 spiro atoms. The Morgan fingerprint density at radius 3 is 2.94 bits per heavy atom. The summed E-state index contributed by atoms with van der Waals surface area (Å²) in [4.78, 5) is 0. The molecule has 0 radical (unpaired) electrons. The molecule has 0 amide bonds. The van der Waals surface area contributed by atoms with E-state index in [0.29, 0.717) is 17.9 Å². The normalized spacial score (nSPS) is 24.0. The van der Waals surface area contributed by atoms with E-state index in [1.807, 2.05) is 0 Å². The molecular weight excluding hydrogens is 246 g/mol.